The summed E-state index contributed by atoms with van der Waals surface area (Å²) >= 11 is 0. The van der Waals surface area contributed by atoms with Crippen molar-refractivity contribution in [1.29, 1.82) is 0 Å². The molecule has 6 heteroatoms. The zero-order chi connectivity index (χ0) is 43.7. The van der Waals surface area contributed by atoms with E-state index in [1.807, 2.05) is 6.08 Å². The first kappa shape index (κ1) is 58.3. The van der Waals surface area contributed by atoms with Crippen LogP contribution in [-0.4, -0.2) is 47.4 Å². The van der Waals surface area contributed by atoms with Crippen molar-refractivity contribution in [2.45, 2.75) is 296 Å². The van der Waals surface area contributed by atoms with Crippen LogP contribution < -0.4 is 5.32 Å². The van der Waals surface area contributed by atoms with Gasteiger partial charge < -0.3 is 20.3 Å². The molecule has 0 aliphatic rings. The molecule has 0 fully saturated rings. The number of aliphatic hydroxyl groups is 2. The highest BCUT2D eigenvalue weighted by Gasteiger charge is 2.18. The Morgan fingerprint density at radius 1 is 0.450 bits per heavy atom. The van der Waals surface area contributed by atoms with Crippen LogP contribution in [0.5, 0.6) is 0 Å². The predicted octanol–water partition coefficient (Wildman–Crippen LogP) is 15.9. The minimum atomic E-state index is -0.847. The molecule has 1 amide bonds. The first-order valence-electron chi connectivity index (χ1n) is 26.6. The molecule has 2 atom stereocenters. The Labute approximate surface area is 373 Å². The molecule has 0 aromatic rings. The molecule has 6 nitrogen and oxygen atoms in total. The van der Waals surface area contributed by atoms with Crippen LogP contribution in [0.4, 0.5) is 0 Å². The average molecular weight is 846 g/mol. The van der Waals surface area contributed by atoms with Gasteiger partial charge in [0, 0.05) is 12.8 Å². The van der Waals surface area contributed by atoms with Crippen LogP contribution >= 0.6 is 0 Å². The second-order valence-electron chi connectivity index (χ2n) is 18.2. The molecule has 2 unspecified atom stereocenters. The third kappa shape index (κ3) is 45.9. The zero-order valence-electron chi connectivity index (χ0n) is 40.2. The number of amides is 1. The number of hydrogen-bond donors (Lipinski definition) is 3. The van der Waals surface area contributed by atoms with Gasteiger partial charge >= 0.3 is 5.97 Å². The van der Waals surface area contributed by atoms with E-state index in [1.54, 1.807) is 6.08 Å². The van der Waals surface area contributed by atoms with Crippen molar-refractivity contribution in [1.82, 2.24) is 5.32 Å². The molecule has 0 spiro atoms. The van der Waals surface area contributed by atoms with Gasteiger partial charge in [0.15, 0.2) is 0 Å². The van der Waals surface area contributed by atoms with E-state index in [4.69, 9.17) is 4.74 Å². The van der Waals surface area contributed by atoms with Gasteiger partial charge in [0.1, 0.15) is 0 Å². The van der Waals surface area contributed by atoms with E-state index in [9.17, 15) is 19.8 Å². The van der Waals surface area contributed by atoms with E-state index in [0.717, 1.165) is 44.9 Å². The van der Waals surface area contributed by atoms with E-state index in [1.165, 1.54) is 212 Å². The van der Waals surface area contributed by atoms with Crippen LogP contribution in [0, 0.1) is 0 Å². The highest BCUT2D eigenvalue weighted by molar-refractivity contribution is 5.76. The molecule has 0 aliphatic heterocycles. The zero-order valence-corrected chi connectivity index (χ0v) is 40.2. The van der Waals surface area contributed by atoms with Gasteiger partial charge in [-0.3, -0.25) is 9.59 Å². The average Bonchev–Trinajstić information content (AvgIpc) is 3.25. The monoisotopic (exact) mass is 846 g/mol. The predicted molar refractivity (Wildman–Crippen MR) is 260 cm³/mol. The van der Waals surface area contributed by atoms with E-state index in [-0.39, 0.29) is 18.5 Å². The fourth-order valence-electron chi connectivity index (χ4n) is 8.10. The Hall–Kier alpha value is -1.66. The molecule has 0 radical (unpaired) electrons. The molecule has 0 bridgehead atoms. The normalized spacial score (nSPS) is 12.8. The molecule has 3 N–H and O–H groups in total. The topological polar surface area (TPSA) is 95.9 Å². The van der Waals surface area contributed by atoms with Crippen LogP contribution in [0.15, 0.2) is 24.3 Å². The van der Waals surface area contributed by atoms with E-state index < -0.39 is 12.1 Å². The molecule has 0 saturated heterocycles. The van der Waals surface area contributed by atoms with E-state index in [2.05, 4.69) is 31.3 Å². The van der Waals surface area contributed by atoms with E-state index in [0.29, 0.717) is 19.4 Å². The van der Waals surface area contributed by atoms with Gasteiger partial charge in [0.25, 0.3) is 0 Å². The van der Waals surface area contributed by atoms with Gasteiger partial charge in [-0.1, -0.05) is 237 Å². The van der Waals surface area contributed by atoms with Crippen LogP contribution in [0.3, 0.4) is 0 Å². The minimum Gasteiger partial charge on any atom is -0.466 e. The first-order valence-corrected chi connectivity index (χ1v) is 26.6. The molecule has 0 aliphatic carbocycles. The van der Waals surface area contributed by atoms with Crippen LogP contribution in [0.25, 0.3) is 0 Å². The lowest BCUT2D eigenvalue weighted by atomic mass is 10.0. The summed E-state index contributed by atoms with van der Waals surface area (Å²) in [6.07, 6.45) is 59.0. The highest BCUT2D eigenvalue weighted by atomic mass is 16.5. The summed E-state index contributed by atoms with van der Waals surface area (Å²) in [5.74, 6) is -0.0720. The van der Waals surface area contributed by atoms with Crippen molar-refractivity contribution in [3.8, 4) is 0 Å². The maximum absolute atomic E-state index is 12.4. The fourth-order valence-corrected chi connectivity index (χ4v) is 8.10. The number of rotatable bonds is 49. The molecule has 60 heavy (non-hydrogen) atoms. The van der Waals surface area contributed by atoms with Gasteiger partial charge in [-0.25, -0.2) is 0 Å². The highest BCUT2D eigenvalue weighted by Crippen LogP contribution is 2.16. The van der Waals surface area contributed by atoms with E-state index >= 15 is 0 Å². The summed E-state index contributed by atoms with van der Waals surface area (Å²) in [5.41, 5.74) is 0. The summed E-state index contributed by atoms with van der Waals surface area (Å²) in [7, 11) is 0. The van der Waals surface area contributed by atoms with Gasteiger partial charge in [0.05, 0.1) is 25.4 Å². The third-order valence-corrected chi connectivity index (χ3v) is 12.2. The number of ether oxygens (including phenoxy) is 1. The smallest absolute Gasteiger partial charge is 0.305 e. The number of hydrogen-bond acceptors (Lipinski definition) is 5. The summed E-state index contributed by atoms with van der Waals surface area (Å²) in [6, 6.07) is -0.632. The third-order valence-electron chi connectivity index (χ3n) is 12.2. The second-order valence-corrected chi connectivity index (χ2v) is 18.2. The number of esters is 1. The van der Waals surface area contributed by atoms with Gasteiger partial charge in [0.2, 0.25) is 5.91 Å². The molecular weight excluding hydrogens is 743 g/mol. The Kier molecular flexibility index (Phi) is 48.6. The summed E-state index contributed by atoms with van der Waals surface area (Å²) < 4.78 is 5.46. The molecule has 354 valence electrons. The fraction of sp³-hybridized carbons (Fsp3) is 0.889. The SMILES string of the molecule is CCCCCCCCCC/C=C/C(O)C(CO)NC(=O)CCCCCCCCC/C=C\CCCCCCCCCCCOC(=O)CCCCCCCCCCCCCCC. The van der Waals surface area contributed by atoms with Crippen LogP contribution in [-0.2, 0) is 14.3 Å². The molecular formula is C54H103NO5. The number of unbranched alkanes of at least 4 members (excludes halogenated alkanes) is 36. The van der Waals surface area contributed by atoms with Crippen molar-refractivity contribution in [2.24, 2.45) is 0 Å². The quantitative estimate of drug-likeness (QED) is 0.0322. The minimum absolute atomic E-state index is 0.00662. The Bertz CT molecular complexity index is 935. The number of allylic oxidation sites excluding steroid dienone is 3. The lowest BCUT2D eigenvalue weighted by Crippen LogP contribution is -2.45. The van der Waals surface area contributed by atoms with Crippen molar-refractivity contribution < 1.29 is 24.5 Å². The summed E-state index contributed by atoms with van der Waals surface area (Å²) in [6.45, 7) is 4.87. The standard InChI is InChI=1S/C54H103NO5/c1-3-5-7-9-11-13-15-24-28-32-36-40-44-48-54(59)60-49-45-41-37-33-29-26-23-21-19-17-16-18-20-22-25-27-31-35-39-43-47-53(58)55-51(50-56)52(57)46-42-38-34-30-14-12-10-8-6-4-2/h16,18,42,46,51-52,56-57H,3-15,17,19-41,43-45,47-50H2,1-2H3,(H,55,58)/b18-16-,46-42+. The maximum atomic E-state index is 12.4. The van der Waals surface area contributed by atoms with Crippen LogP contribution in [0.2, 0.25) is 0 Å². The van der Waals surface area contributed by atoms with Crippen molar-refractivity contribution >= 4 is 11.9 Å². The molecule has 0 aromatic heterocycles. The Morgan fingerprint density at radius 3 is 1.18 bits per heavy atom. The van der Waals surface area contributed by atoms with Crippen molar-refractivity contribution in [3.63, 3.8) is 0 Å². The van der Waals surface area contributed by atoms with Gasteiger partial charge in [-0.05, 0) is 57.8 Å². The van der Waals surface area contributed by atoms with Crippen molar-refractivity contribution in [3.05, 3.63) is 24.3 Å². The summed E-state index contributed by atoms with van der Waals surface area (Å²) in [5, 5.41) is 22.9. The van der Waals surface area contributed by atoms with Crippen molar-refractivity contribution in [2.75, 3.05) is 13.2 Å². The number of carbonyl (C=O) groups is 2. The van der Waals surface area contributed by atoms with Gasteiger partial charge in [-0.2, -0.15) is 0 Å². The number of nitrogens with one attached hydrogen (secondary N) is 1. The maximum Gasteiger partial charge on any atom is 0.305 e. The van der Waals surface area contributed by atoms with Gasteiger partial charge in [-0.15, -0.1) is 0 Å². The lowest BCUT2D eigenvalue weighted by Gasteiger charge is -2.20. The molecule has 0 heterocycles. The molecule has 0 rings (SSSR count). The lowest BCUT2D eigenvalue weighted by molar-refractivity contribution is -0.143. The molecule has 0 aromatic carbocycles. The van der Waals surface area contributed by atoms with Crippen LogP contribution in [0.1, 0.15) is 284 Å². The number of aliphatic hydroxyl groups excluding tert-OH is 2. The Morgan fingerprint density at radius 2 is 0.783 bits per heavy atom. The number of carbonyl (C=O) groups excluding carboxylic acids is 2. The first-order chi connectivity index (χ1) is 29.5. The Balaban J connectivity index is 3.43. The largest absolute Gasteiger partial charge is 0.466 e. The second kappa shape index (κ2) is 50.0. The molecule has 0 saturated carbocycles. The summed E-state index contributed by atoms with van der Waals surface area (Å²) in [4.78, 5) is 24.4.